The fourth-order valence-corrected chi connectivity index (χ4v) is 7.40. The van der Waals surface area contributed by atoms with Crippen molar-refractivity contribution in [3.63, 3.8) is 0 Å². The highest BCUT2D eigenvalue weighted by Gasteiger charge is 2.13. The minimum atomic E-state index is 0.689. The van der Waals surface area contributed by atoms with Gasteiger partial charge in [0, 0.05) is 110 Å². The molecule has 7 saturated heterocycles. The van der Waals surface area contributed by atoms with Gasteiger partial charge in [-0.15, -0.1) is 0 Å². The van der Waals surface area contributed by atoms with E-state index < -0.39 is 0 Å². The number of nitrogens with zero attached hydrogens (tertiary/aromatic N) is 3. The second-order valence-electron chi connectivity index (χ2n) is 25.9. The molecule has 0 aromatic rings. The quantitative estimate of drug-likeness (QED) is 0.187. The molecule has 7 aliphatic heterocycles. The van der Waals surface area contributed by atoms with Crippen molar-refractivity contribution in [1.82, 2.24) is 41.3 Å². The zero-order chi connectivity index (χ0) is 75.2. The Balaban J connectivity index is -0.0000000671. The van der Waals surface area contributed by atoms with E-state index in [1.54, 1.807) is 0 Å². The van der Waals surface area contributed by atoms with Gasteiger partial charge in [-0.25, -0.2) is 0 Å². The second kappa shape index (κ2) is 125. The molecule has 0 unspecified atom stereocenters. The van der Waals surface area contributed by atoms with E-state index in [2.05, 4.69) is 187 Å². The van der Waals surface area contributed by atoms with Crippen LogP contribution in [0, 0.1) is 29.6 Å². The van der Waals surface area contributed by atoms with Gasteiger partial charge in [0.05, 0.1) is 26.4 Å². The van der Waals surface area contributed by atoms with Gasteiger partial charge in [0.25, 0.3) is 0 Å². The van der Waals surface area contributed by atoms with E-state index in [0.717, 1.165) is 147 Å². The van der Waals surface area contributed by atoms with Crippen molar-refractivity contribution in [1.29, 1.82) is 0 Å². The second-order valence-corrected chi connectivity index (χ2v) is 25.9. The zero-order valence-electron chi connectivity index (χ0n) is 72.8. The van der Waals surface area contributed by atoms with Crippen molar-refractivity contribution < 1.29 is 14.2 Å². The summed E-state index contributed by atoms with van der Waals surface area (Å²) in [5.41, 5.74) is 0. The fourth-order valence-electron chi connectivity index (χ4n) is 7.40. The highest BCUT2D eigenvalue weighted by molar-refractivity contribution is 4.70. The van der Waals surface area contributed by atoms with Gasteiger partial charge < -0.3 is 45.7 Å². The molecule has 8 rings (SSSR count). The van der Waals surface area contributed by atoms with Crippen molar-refractivity contribution >= 4 is 0 Å². The van der Waals surface area contributed by atoms with Crippen molar-refractivity contribution in [3.05, 3.63) is 0 Å². The molecule has 8 fully saturated rings. The maximum Gasteiger partial charge on any atom is 0.0594 e. The lowest BCUT2D eigenvalue weighted by molar-refractivity contribution is 0.0238. The number of piperazine rings is 2. The van der Waals surface area contributed by atoms with Crippen LogP contribution >= 0.6 is 0 Å². The van der Waals surface area contributed by atoms with Crippen LogP contribution in [0.25, 0.3) is 0 Å². The Morgan fingerprint density at radius 3 is 0.527 bits per heavy atom. The highest BCUT2D eigenvalue weighted by atomic mass is 16.5. The van der Waals surface area contributed by atoms with Gasteiger partial charge in [0.1, 0.15) is 0 Å². The molecule has 93 heavy (non-hydrogen) atoms. The molecule has 0 atom stereocenters. The highest BCUT2D eigenvalue weighted by Crippen LogP contribution is 2.15. The Morgan fingerprint density at radius 2 is 0.376 bits per heavy atom. The minimum absolute atomic E-state index is 0.689. The van der Waals surface area contributed by atoms with Crippen molar-refractivity contribution in [2.45, 2.75) is 371 Å². The van der Waals surface area contributed by atoms with Crippen LogP contribution in [0.15, 0.2) is 0 Å². The summed E-state index contributed by atoms with van der Waals surface area (Å²) in [7, 11) is 0. The summed E-state index contributed by atoms with van der Waals surface area (Å²) in [6.07, 6.45) is 21.4. The van der Waals surface area contributed by atoms with Crippen LogP contribution in [0.4, 0.5) is 0 Å². The number of ether oxygens (including phenoxy) is 3. The molecule has 1 saturated carbocycles. The molecule has 0 bridgehead atoms. The molecule has 8 aliphatic rings. The first kappa shape index (κ1) is 123. The molecule has 5 N–H and O–H groups in total. The van der Waals surface area contributed by atoms with Crippen LogP contribution in [-0.4, -0.2) is 177 Å². The zero-order valence-corrected chi connectivity index (χ0v) is 72.8. The number of hydrogen-bond acceptors (Lipinski definition) is 11. The van der Waals surface area contributed by atoms with Gasteiger partial charge >= 0.3 is 0 Å². The number of nitrogens with one attached hydrogen (secondary N) is 5. The maximum absolute atomic E-state index is 5.21. The van der Waals surface area contributed by atoms with E-state index in [0.29, 0.717) is 6.04 Å². The predicted octanol–water partition coefficient (Wildman–Crippen LogP) is 22.5. The summed E-state index contributed by atoms with van der Waals surface area (Å²) in [6, 6.07) is 2.19. The molecule has 0 aromatic heterocycles. The van der Waals surface area contributed by atoms with E-state index in [9.17, 15) is 0 Å². The van der Waals surface area contributed by atoms with Gasteiger partial charge in [-0.05, 0) is 142 Å². The number of hydrogen-bond donors (Lipinski definition) is 5. The SMILES string of the molecule is C1CCCCC1.C1CCNCC1.C1CCOCC1.C1CNCCN1.C1COCCN1.CC.CC.CC.CC.CC.CC.CC.CC.CC(C)C.CC(C)C.CC(C)C.CC(C)C.CC(C)C.CC(C)N1CCCCC1.CC(C)N1CCNCC1.CC(C)N1CCOCC1. The third-order valence-corrected chi connectivity index (χ3v) is 11.4. The molecule has 11 heteroatoms. The van der Waals surface area contributed by atoms with Crippen LogP contribution < -0.4 is 26.6 Å². The maximum atomic E-state index is 5.21. The number of likely N-dealkylation sites (tertiary alicyclic amines) is 1. The van der Waals surface area contributed by atoms with E-state index in [4.69, 9.17) is 14.2 Å². The first-order chi connectivity index (χ1) is 44.6. The normalized spacial score (nSPS) is 16.9. The molecule has 0 amide bonds. The summed E-state index contributed by atoms with van der Waals surface area (Å²) < 4.78 is 15.3. The average Bonchev–Trinajstić information content (AvgIpc) is 3.80. The number of rotatable bonds is 3. The van der Waals surface area contributed by atoms with E-state index in [1.165, 1.54) is 136 Å². The lowest BCUT2D eigenvalue weighted by Gasteiger charge is -2.30. The Labute approximate surface area is 597 Å². The van der Waals surface area contributed by atoms with Crippen molar-refractivity contribution in [3.8, 4) is 0 Å². The van der Waals surface area contributed by atoms with Crippen LogP contribution in [0.5, 0.6) is 0 Å². The molecule has 7 heterocycles. The topological polar surface area (TPSA) is 97.6 Å². The van der Waals surface area contributed by atoms with E-state index >= 15 is 0 Å². The van der Waals surface area contributed by atoms with Crippen molar-refractivity contribution in [2.75, 3.05) is 144 Å². The summed E-state index contributed by atoms with van der Waals surface area (Å²) >= 11 is 0. The summed E-state index contributed by atoms with van der Waals surface area (Å²) in [6.45, 7) is 102. The summed E-state index contributed by atoms with van der Waals surface area (Å²) in [5, 5.41) is 16.2. The molecule has 1 aliphatic carbocycles. The molecule has 0 spiro atoms. The molecule has 0 aromatic carbocycles. The predicted molar refractivity (Wildman–Crippen MR) is 440 cm³/mol. The summed E-state index contributed by atoms with van der Waals surface area (Å²) in [4.78, 5) is 7.49. The lowest BCUT2D eigenvalue weighted by atomic mass is 10.0. The van der Waals surface area contributed by atoms with E-state index in [-0.39, 0.29) is 0 Å². The molecule has 584 valence electrons. The molecule has 0 radical (unpaired) electrons. The number of morpholine rings is 2. The fraction of sp³-hybridized carbons (Fsp3) is 1.00. The monoisotopic (exact) mass is 1340 g/mol. The van der Waals surface area contributed by atoms with Crippen LogP contribution in [0.1, 0.15) is 352 Å². The van der Waals surface area contributed by atoms with Crippen LogP contribution in [0.3, 0.4) is 0 Å². The standard InChI is InChI=1S/C8H17N.C7H16N2.C7H15NO.C6H12.C5H11N.C5H10O.C4H10N2.C4H9NO.5C4H10.8C2H6/c1-8(2)9-6-4-3-5-7-9;1-7(2)9-5-3-8-4-6-9;1-7(2)8-3-5-9-6-4-8;3*1-2-4-6-5-3-1;1-2-6-4-3-5-1;1-3-6-4-2-5-1;5*1-4(2)3;8*1-2/h8H,3-7H2,1-2H3;7-8H,3-6H2,1-2H3;7H,3-6H2,1-2H3;1-6H2;6H,1-5H2;1-5H2;5-6H,1-4H2;5H,1-4H2;5*4H,1-3H3;8*1-2H3. The Hall–Kier alpha value is -0.440. The number of piperidine rings is 2. The Bertz CT molecular complexity index is 756. The minimum Gasteiger partial charge on any atom is -0.381 e. The lowest BCUT2D eigenvalue weighted by Crippen LogP contribution is -2.46. The van der Waals surface area contributed by atoms with Gasteiger partial charge in [0.15, 0.2) is 0 Å². The van der Waals surface area contributed by atoms with Gasteiger partial charge in [-0.2, -0.15) is 0 Å². The van der Waals surface area contributed by atoms with Gasteiger partial charge in [0.2, 0.25) is 0 Å². The largest absolute Gasteiger partial charge is 0.381 e. The van der Waals surface area contributed by atoms with Crippen LogP contribution in [0.2, 0.25) is 0 Å². The average molecular weight is 1340 g/mol. The molecular formula is C82H198N8O3. The van der Waals surface area contributed by atoms with E-state index in [1.807, 2.05) is 111 Å². The molecular weight excluding hydrogens is 1140 g/mol. The smallest absolute Gasteiger partial charge is 0.0594 e. The first-order valence-corrected chi connectivity index (χ1v) is 41.1. The van der Waals surface area contributed by atoms with Gasteiger partial charge in [-0.1, -0.05) is 266 Å². The third kappa shape index (κ3) is 171. The third-order valence-electron chi connectivity index (χ3n) is 11.4. The Morgan fingerprint density at radius 1 is 0.183 bits per heavy atom. The molecule has 11 nitrogen and oxygen atoms in total. The van der Waals surface area contributed by atoms with Crippen LogP contribution in [-0.2, 0) is 14.2 Å². The van der Waals surface area contributed by atoms with Crippen molar-refractivity contribution in [2.24, 2.45) is 29.6 Å². The first-order valence-electron chi connectivity index (χ1n) is 41.1. The Kier molecular flexibility index (Phi) is 165. The van der Waals surface area contributed by atoms with Gasteiger partial charge in [-0.3, -0.25) is 9.80 Å². The summed E-state index contributed by atoms with van der Waals surface area (Å²) in [5.74, 6) is 4.17.